The second-order valence-corrected chi connectivity index (χ2v) is 2.79. The summed E-state index contributed by atoms with van der Waals surface area (Å²) in [6.07, 6.45) is 3.59. The summed E-state index contributed by atoms with van der Waals surface area (Å²) in [5, 5.41) is 1.55. The van der Waals surface area contributed by atoms with Crippen LogP contribution in [0.3, 0.4) is 0 Å². The van der Waals surface area contributed by atoms with Crippen LogP contribution in [0, 0.1) is 0 Å². The fourth-order valence-electron chi connectivity index (χ4n) is 0.540. The van der Waals surface area contributed by atoms with Gasteiger partial charge < -0.3 is 0 Å². The molecule has 4 heteroatoms. The molecule has 1 rings (SSSR count). The van der Waals surface area contributed by atoms with Gasteiger partial charge in [0.05, 0.1) is 4.48 Å². The van der Waals surface area contributed by atoms with Crippen LogP contribution < -0.4 is 5.84 Å². The van der Waals surface area contributed by atoms with Crippen LogP contribution in [0.15, 0.2) is 15.7 Å². The minimum absolute atomic E-state index is 0.0614. The van der Waals surface area contributed by atoms with Crippen molar-refractivity contribution in [2.24, 2.45) is 10.8 Å². The minimum Gasteiger partial charge on any atom is -0.293 e. The molecule has 1 aliphatic rings. The molecule has 50 valence electrons. The zero-order valence-corrected chi connectivity index (χ0v) is 6.67. The average molecular weight is 190 g/mol. The van der Waals surface area contributed by atoms with E-state index >= 15 is 0 Å². The van der Waals surface area contributed by atoms with Gasteiger partial charge in [0.1, 0.15) is 6.17 Å². The summed E-state index contributed by atoms with van der Waals surface area (Å²) in [5.74, 6) is 5.48. The Balaban J connectivity index is 2.70. The standard InChI is InChI=1S/C5H8BrN3/c1-4-8-2-5(6)3-9(4)7/h2-4H,7H2,1H3. The topological polar surface area (TPSA) is 41.6 Å². The molecule has 1 aliphatic heterocycles. The van der Waals surface area contributed by atoms with Gasteiger partial charge in [0.2, 0.25) is 0 Å². The number of allylic oxidation sites excluding steroid dienone is 1. The lowest BCUT2D eigenvalue weighted by atomic mass is 10.5. The van der Waals surface area contributed by atoms with Gasteiger partial charge in [-0.05, 0) is 22.9 Å². The van der Waals surface area contributed by atoms with E-state index in [0.29, 0.717) is 0 Å². The summed E-state index contributed by atoms with van der Waals surface area (Å²) in [5.41, 5.74) is 0. The number of aliphatic imine (C=N–C) groups is 1. The molecule has 0 spiro atoms. The Labute approximate surface area is 62.3 Å². The summed E-state index contributed by atoms with van der Waals surface area (Å²) >= 11 is 3.25. The first-order valence-electron chi connectivity index (χ1n) is 2.63. The third-order valence-electron chi connectivity index (χ3n) is 1.12. The molecule has 3 nitrogen and oxygen atoms in total. The third kappa shape index (κ3) is 1.53. The largest absolute Gasteiger partial charge is 0.293 e. The van der Waals surface area contributed by atoms with Crippen molar-refractivity contribution in [1.82, 2.24) is 5.01 Å². The Morgan fingerprint density at radius 3 is 3.00 bits per heavy atom. The highest BCUT2D eigenvalue weighted by Gasteiger charge is 2.06. The lowest BCUT2D eigenvalue weighted by Crippen LogP contribution is -2.35. The summed E-state index contributed by atoms with van der Waals surface area (Å²) in [6, 6.07) is 0. The molecule has 2 N–H and O–H groups in total. The van der Waals surface area contributed by atoms with Gasteiger partial charge in [-0.3, -0.25) is 10.0 Å². The molecule has 0 amide bonds. The molecule has 1 heterocycles. The van der Waals surface area contributed by atoms with Crippen LogP contribution in [0.1, 0.15) is 6.92 Å². The number of hydrogen-bond acceptors (Lipinski definition) is 3. The predicted octanol–water partition coefficient (Wildman–Crippen LogP) is 0.829. The van der Waals surface area contributed by atoms with E-state index < -0.39 is 0 Å². The van der Waals surface area contributed by atoms with Gasteiger partial charge in [-0.15, -0.1) is 0 Å². The van der Waals surface area contributed by atoms with Gasteiger partial charge >= 0.3 is 0 Å². The summed E-state index contributed by atoms with van der Waals surface area (Å²) in [6.45, 7) is 1.92. The van der Waals surface area contributed by atoms with Gasteiger partial charge in [0, 0.05) is 12.4 Å². The maximum atomic E-state index is 5.48. The second-order valence-electron chi connectivity index (χ2n) is 1.87. The molecular formula is C5H8BrN3. The maximum absolute atomic E-state index is 5.48. The Morgan fingerprint density at radius 1 is 1.89 bits per heavy atom. The SMILES string of the molecule is CC1N=CC(Br)=CN1N. The van der Waals surface area contributed by atoms with Crippen molar-refractivity contribution in [1.29, 1.82) is 0 Å². The molecule has 0 bridgehead atoms. The van der Waals surface area contributed by atoms with Crippen molar-refractivity contribution >= 4 is 22.1 Å². The average Bonchev–Trinajstić information content (AvgIpc) is 1.80. The molecule has 1 unspecified atom stereocenters. The second kappa shape index (κ2) is 2.49. The van der Waals surface area contributed by atoms with Crippen LogP contribution in [-0.4, -0.2) is 17.4 Å². The van der Waals surface area contributed by atoms with E-state index in [4.69, 9.17) is 5.84 Å². The first kappa shape index (κ1) is 6.77. The summed E-state index contributed by atoms with van der Waals surface area (Å²) in [4.78, 5) is 4.05. The number of nitrogens with zero attached hydrogens (tertiary/aromatic N) is 2. The summed E-state index contributed by atoms with van der Waals surface area (Å²) < 4.78 is 0.906. The van der Waals surface area contributed by atoms with Gasteiger partial charge in [-0.25, -0.2) is 5.84 Å². The molecule has 0 aliphatic carbocycles. The van der Waals surface area contributed by atoms with E-state index in [1.807, 2.05) is 6.92 Å². The molecule has 0 aromatic rings. The molecule has 0 aromatic carbocycles. The molecule has 0 aromatic heterocycles. The Hall–Kier alpha value is -0.350. The minimum atomic E-state index is 0.0614. The zero-order valence-electron chi connectivity index (χ0n) is 5.08. The quantitative estimate of drug-likeness (QED) is 0.574. The van der Waals surface area contributed by atoms with Crippen molar-refractivity contribution in [3.8, 4) is 0 Å². The molecule has 0 saturated carbocycles. The van der Waals surface area contributed by atoms with E-state index in [-0.39, 0.29) is 6.17 Å². The molecule has 0 saturated heterocycles. The van der Waals surface area contributed by atoms with Gasteiger partial charge in [-0.2, -0.15) is 0 Å². The van der Waals surface area contributed by atoms with E-state index in [9.17, 15) is 0 Å². The lowest BCUT2D eigenvalue weighted by molar-refractivity contribution is 0.309. The van der Waals surface area contributed by atoms with Crippen molar-refractivity contribution in [2.45, 2.75) is 13.1 Å². The van der Waals surface area contributed by atoms with Crippen LogP contribution in [0.4, 0.5) is 0 Å². The van der Waals surface area contributed by atoms with Crippen LogP contribution in [0.2, 0.25) is 0 Å². The van der Waals surface area contributed by atoms with E-state index in [2.05, 4.69) is 20.9 Å². The predicted molar refractivity (Wildman–Crippen MR) is 41.0 cm³/mol. The molecule has 9 heavy (non-hydrogen) atoms. The lowest BCUT2D eigenvalue weighted by Gasteiger charge is -2.21. The fraction of sp³-hybridized carbons (Fsp3) is 0.400. The monoisotopic (exact) mass is 189 g/mol. The number of halogens is 1. The molecule has 1 atom stereocenters. The first-order valence-corrected chi connectivity index (χ1v) is 3.43. The third-order valence-corrected chi connectivity index (χ3v) is 1.53. The van der Waals surface area contributed by atoms with Gasteiger partial charge in [-0.1, -0.05) is 0 Å². The maximum Gasteiger partial charge on any atom is 0.131 e. The van der Waals surface area contributed by atoms with Crippen LogP contribution >= 0.6 is 15.9 Å². The summed E-state index contributed by atoms with van der Waals surface area (Å²) in [7, 11) is 0. The van der Waals surface area contributed by atoms with Crippen LogP contribution in [0.5, 0.6) is 0 Å². The Morgan fingerprint density at radius 2 is 2.56 bits per heavy atom. The zero-order chi connectivity index (χ0) is 6.85. The number of hydrogen-bond donors (Lipinski definition) is 1. The number of rotatable bonds is 0. The molecular weight excluding hydrogens is 182 g/mol. The van der Waals surface area contributed by atoms with E-state index in [1.165, 1.54) is 0 Å². The highest BCUT2D eigenvalue weighted by atomic mass is 79.9. The van der Waals surface area contributed by atoms with Crippen LogP contribution in [-0.2, 0) is 0 Å². The molecule has 0 radical (unpaired) electrons. The smallest absolute Gasteiger partial charge is 0.131 e. The number of nitrogens with two attached hydrogens (primary N) is 1. The molecule has 0 fully saturated rings. The van der Waals surface area contributed by atoms with Crippen molar-refractivity contribution in [3.05, 3.63) is 10.7 Å². The van der Waals surface area contributed by atoms with Gasteiger partial charge in [0.15, 0.2) is 0 Å². The normalized spacial score (nSPS) is 26.3. The van der Waals surface area contributed by atoms with Crippen molar-refractivity contribution in [3.63, 3.8) is 0 Å². The Kier molecular flexibility index (Phi) is 1.87. The fourth-order valence-corrected chi connectivity index (χ4v) is 0.894. The van der Waals surface area contributed by atoms with E-state index in [1.54, 1.807) is 17.4 Å². The highest BCUT2D eigenvalue weighted by molar-refractivity contribution is 9.12. The highest BCUT2D eigenvalue weighted by Crippen LogP contribution is 2.09. The Bertz CT molecular complexity index is 164. The van der Waals surface area contributed by atoms with Gasteiger partial charge in [0.25, 0.3) is 0 Å². The number of hydrazine groups is 1. The van der Waals surface area contributed by atoms with E-state index in [0.717, 1.165) is 4.48 Å². The van der Waals surface area contributed by atoms with Crippen LogP contribution in [0.25, 0.3) is 0 Å². The first-order chi connectivity index (χ1) is 4.20. The van der Waals surface area contributed by atoms with Crippen molar-refractivity contribution < 1.29 is 0 Å². The van der Waals surface area contributed by atoms with Crippen molar-refractivity contribution in [2.75, 3.05) is 0 Å².